The average molecular weight is 251 g/mol. The lowest BCUT2D eigenvalue weighted by Crippen LogP contribution is -2.27. The highest BCUT2D eigenvalue weighted by molar-refractivity contribution is 7.13. The molecule has 0 aliphatic rings. The normalized spacial score (nSPS) is 12.3. The van der Waals surface area contributed by atoms with Crippen LogP contribution in [0.1, 0.15) is 24.4 Å². The number of nitrogens with two attached hydrogens (primary N) is 1. The first-order valence-electron chi connectivity index (χ1n) is 5.18. The van der Waals surface area contributed by atoms with Crippen LogP contribution in [0.5, 0.6) is 0 Å². The maximum absolute atomic E-state index is 11.7. The Morgan fingerprint density at radius 1 is 1.71 bits per heavy atom. The van der Waals surface area contributed by atoms with Crippen LogP contribution in [0.4, 0.5) is 5.13 Å². The van der Waals surface area contributed by atoms with E-state index in [1.54, 1.807) is 17.7 Å². The third-order valence-corrected chi connectivity index (χ3v) is 2.98. The molecule has 1 atom stereocenters. The summed E-state index contributed by atoms with van der Waals surface area (Å²) in [4.78, 5) is 15.7. The van der Waals surface area contributed by atoms with E-state index < -0.39 is 0 Å². The molecule has 0 saturated heterocycles. The molecule has 1 amide bonds. The van der Waals surface area contributed by atoms with Gasteiger partial charge in [0, 0.05) is 5.38 Å². The Hall–Kier alpha value is -1.82. The van der Waals surface area contributed by atoms with Crippen molar-refractivity contribution in [3.63, 3.8) is 0 Å². The minimum Gasteiger partial charge on any atom is -0.467 e. The number of anilines is 1. The second-order valence-electron chi connectivity index (χ2n) is 3.66. The maximum atomic E-state index is 11.7. The summed E-state index contributed by atoms with van der Waals surface area (Å²) in [6, 6.07) is 3.47. The largest absolute Gasteiger partial charge is 0.467 e. The molecule has 2 aromatic heterocycles. The van der Waals surface area contributed by atoms with Gasteiger partial charge in [-0.2, -0.15) is 0 Å². The molecule has 5 nitrogen and oxygen atoms in total. The van der Waals surface area contributed by atoms with E-state index in [1.165, 1.54) is 11.3 Å². The lowest BCUT2D eigenvalue weighted by Gasteiger charge is -2.10. The molecule has 0 aliphatic carbocycles. The maximum Gasteiger partial charge on any atom is 0.226 e. The fourth-order valence-corrected chi connectivity index (χ4v) is 2.03. The summed E-state index contributed by atoms with van der Waals surface area (Å²) in [6.07, 6.45) is 1.82. The van der Waals surface area contributed by atoms with E-state index >= 15 is 0 Å². The van der Waals surface area contributed by atoms with Crippen LogP contribution in [0.25, 0.3) is 0 Å². The van der Waals surface area contributed by atoms with Crippen LogP contribution in [0.3, 0.4) is 0 Å². The second-order valence-corrected chi connectivity index (χ2v) is 4.55. The molecule has 0 radical (unpaired) electrons. The molecule has 6 heteroatoms. The summed E-state index contributed by atoms with van der Waals surface area (Å²) in [5.74, 6) is 0.635. The van der Waals surface area contributed by atoms with Gasteiger partial charge in [0.05, 0.1) is 24.4 Å². The summed E-state index contributed by atoms with van der Waals surface area (Å²) in [5, 5.41) is 5.09. The zero-order valence-corrected chi connectivity index (χ0v) is 10.2. The number of thiazole rings is 1. The Bertz CT molecular complexity index is 493. The van der Waals surface area contributed by atoms with Gasteiger partial charge in [-0.25, -0.2) is 4.98 Å². The first-order valence-corrected chi connectivity index (χ1v) is 6.06. The van der Waals surface area contributed by atoms with E-state index in [-0.39, 0.29) is 18.4 Å². The van der Waals surface area contributed by atoms with Gasteiger partial charge >= 0.3 is 0 Å². The van der Waals surface area contributed by atoms with Crippen molar-refractivity contribution in [3.05, 3.63) is 35.2 Å². The van der Waals surface area contributed by atoms with E-state index in [0.717, 1.165) is 5.76 Å². The summed E-state index contributed by atoms with van der Waals surface area (Å²) >= 11 is 1.33. The number of nitrogen functional groups attached to an aromatic ring is 1. The molecular weight excluding hydrogens is 238 g/mol. The molecule has 2 rings (SSSR count). The molecule has 3 N–H and O–H groups in total. The molecular formula is C11H13N3O2S. The van der Waals surface area contributed by atoms with Crippen LogP contribution in [0, 0.1) is 0 Å². The van der Waals surface area contributed by atoms with Crippen LogP contribution in [0.15, 0.2) is 28.2 Å². The van der Waals surface area contributed by atoms with Crippen molar-refractivity contribution in [2.24, 2.45) is 0 Å². The Labute approximate surface area is 103 Å². The third-order valence-electron chi connectivity index (χ3n) is 2.26. The minimum atomic E-state index is -0.145. The lowest BCUT2D eigenvalue weighted by molar-refractivity contribution is -0.121. The summed E-state index contributed by atoms with van der Waals surface area (Å²) in [7, 11) is 0. The SMILES string of the molecule is C[C@H](NC(=O)Cc1csc(N)n1)c1ccco1. The number of furan rings is 1. The molecule has 90 valence electrons. The molecule has 0 fully saturated rings. The number of amides is 1. The van der Waals surface area contributed by atoms with Gasteiger partial charge in [0.25, 0.3) is 0 Å². The van der Waals surface area contributed by atoms with E-state index in [2.05, 4.69) is 10.3 Å². The Kier molecular flexibility index (Phi) is 3.43. The Morgan fingerprint density at radius 3 is 3.12 bits per heavy atom. The fraction of sp³-hybridized carbons (Fsp3) is 0.273. The van der Waals surface area contributed by atoms with Crippen molar-refractivity contribution in [1.29, 1.82) is 0 Å². The molecule has 0 unspecified atom stereocenters. The molecule has 0 aromatic carbocycles. The molecule has 0 saturated carbocycles. The first kappa shape index (κ1) is 11.7. The summed E-state index contributed by atoms with van der Waals surface area (Å²) < 4.78 is 5.20. The number of nitrogens with zero attached hydrogens (tertiary/aromatic N) is 1. The predicted molar refractivity (Wildman–Crippen MR) is 65.5 cm³/mol. The monoisotopic (exact) mass is 251 g/mol. The third kappa shape index (κ3) is 3.07. The smallest absolute Gasteiger partial charge is 0.226 e. The van der Waals surface area contributed by atoms with Gasteiger partial charge in [0.2, 0.25) is 5.91 Å². The number of carbonyl (C=O) groups is 1. The van der Waals surface area contributed by atoms with Crippen molar-refractivity contribution >= 4 is 22.4 Å². The van der Waals surface area contributed by atoms with Crippen LogP contribution < -0.4 is 11.1 Å². The summed E-state index contributed by atoms with van der Waals surface area (Å²) in [6.45, 7) is 1.87. The number of rotatable bonds is 4. The van der Waals surface area contributed by atoms with Crippen molar-refractivity contribution in [2.75, 3.05) is 5.73 Å². The molecule has 0 bridgehead atoms. The number of aromatic nitrogens is 1. The van der Waals surface area contributed by atoms with Crippen molar-refractivity contribution < 1.29 is 9.21 Å². The number of nitrogens with one attached hydrogen (secondary N) is 1. The average Bonchev–Trinajstić information content (AvgIpc) is 2.89. The highest BCUT2D eigenvalue weighted by Crippen LogP contribution is 2.14. The highest BCUT2D eigenvalue weighted by atomic mass is 32.1. The van der Waals surface area contributed by atoms with E-state index in [9.17, 15) is 4.79 Å². The first-order chi connectivity index (χ1) is 8.15. The predicted octanol–water partition coefficient (Wildman–Crippen LogP) is 1.74. The van der Waals surface area contributed by atoms with E-state index in [4.69, 9.17) is 10.2 Å². The van der Waals surface area contributed by atoms with Crippen molar-refractivity contribution in [2.45, 2.75) is 19.4 Å². The van der Waals surface area contributed by atoms with Gasteiger partial charge in [-0.3, -0.25) is 4.79 Å². The molecule has 2 aromatic rings. The zero-order chi connectivity index (χ0) is 12.3. The van der Waals surface area contributed by atoms with Gasteiger partial charge in [-0.1, -0.05) is 0 Å². The van der Waals surface area contributed by atoms with Gasteiger partial charge in [0.1, 0.15) is 5.76 Å². The van der Waals surface area contributed by atoms with E-state index in [0.29, 0.717) is 10.8 Å². The van der Waals surface area contributed by atoms with E-state index in [1.807, 2.05) is 13.0 Å². The number of hydrogen-bond donors (Lipinski definition) is 2. The topological polar surface area (TPSA) is 81.2 Å². The zero-order valence-electron chi connectivity index (χ0n) is 9.34. The molecule has 2 heterocycles. The quantitative estimate of drug-likeness (QED) is 0.867. The van der Waals surface area contributed by atoms with Crippen LogP contribution >= 0.6 is 11.3 Å². The van der Waals surface area contributed by atoms with Crippen LogP contribution in [-0.4, -0.2) is 10.9 Å². The second kappa shape index (κ2) is 5.01. The minimum absolute atomic E-state index is 0.0980. The molecule has 0 spiro atoms. The number of carbonyl (C=O) groups excluding carboxylic acids is 1. The van der Waals surface area contributed by atoms with Crippen LogP contribution in [-0.2, 0) is 11.2 Å². The number of hydrogen-bond acceptors (Lipinski definition) is 5. The standard InChI is InChI=1S/C11H13N3O2S/c1-7(9-3-2-4-16-9)13-10(15)5-8-6-17-11(12)14-8/h2-4,6-7H,5H2,1H3,(H2,12,14)(H,13,15)/t7-/m0/s1. The van der Waals surface area contributed by atoms with Crippen LogP contribution in [0.2, 0.25) is 0 Å². The van der Waals surface area contributed by atoms with Gasteiger partial charge < -0.3 is 15.5 Å². The van der Waals surface area contributed by atoms with Gasteiger partial charge in [-0.05, 0) is 19.1 Å². The highest BCUT2D eigenvalue weighted by Gasteiger charge is 2.13. The molecule has 17 heavy (non-hydrogen) atoms. The van der Waals surface area contributed by atoms with Gasteiger partial charge in [-0.15, -0.1) is 11.3 Å². The lowest BCUT2D eigenvalue weighted by atomic mass is 10.2. The van der Waals surface area contributed by atoms with Crippen molar-refractivity contribution in [1.82, 2.24) is 10.3 Å². The van der Waals surface area contributed by atoms with Crippen molar-refractivity contribution in [3.8, 4) is 0 Å². The Morgan fingerprint density at radius 2 is 2.53 bits per heavy atom. The molecule has 0 aliphatic heterocycles. The Balaban J connectivity index is 1.89. The fourth-order valence-electron chi connectivity index (χ4n) is 1.47. The summed E-state index contributed by atoms with van der Waals surface area (Å²) in [5.41, 5.74) is 6.18. The van der Waals surface area contributed by atoms with Gasteiger partial charge in [0.15, 0.2) is 5.13 Å².